The first-order valence-corrected chi connectivity index (χ1v) is 7.69. The number of nitrogens with one attached hydrogen (secondary N) is 1. The van der Waals surface area contributed by atoms with Crippen LogP contribution < -0.4 is 5.32 Å². The summed E-state index contributed by atoms with van der Waals surface area (Å²) >= 11 is 0. The second-order valence-corrected chi connectivity index (χ2v) is 6.35. The van der Waals surface area contributed by atoms with E-state index < -0.39 is 0 Å². The number of likely N-dealkylation sites (N-methyl/N-ethyl adjacent to an activating group) is 1. The lowest BCUT2D eigenvalue weighted by Gasteiger charge is -2.41. The van der Waals surface area contributed by atoms with Crippen LogP contribution in [-0.4, -0.2) is 72.9 Å². The van der Waals surface area contributed by atoms with Crippen LogP contribution in [0, 0.1) is 0 Å². The molecule has 0 aliphatic carbocycles. The van der Waals surface area contributed by atoms with E-state index in [1.807, 2.05) is 7.05 Å². The Balaban J connectivity index is 2.46. The highest BCUT2D eigenvalue weighted by Crippen LogP contribution is 2.21. The number of aliphatic hydroxyl groups is 1. The van der Waals surface area contributed by atoms with Crippen LogP contribution >= 0.6 is 0 Å². The Morgan fingerprint density at radius 2 is 2.00 bits per heavy atom. The van der Waals surface area contributed by atoms with Gasteiger partial charge in [-0.25, -0.2) is 0 Å². The molecule has 114 valence electrons. The van der Waals surface area contributed by atoms with Crippen LogP contribution in [0.4, 0.5) is 0 Å². The molecule has 0 spiro atoms. The highest BCUT2D eigenvalue weighted by molar-refractivity contribution is 4.88. The number of rotatable bonds is 7. The molecule has 19 heavy (non-hydrogen) atoms. The van der Waals surface area contributed by atoms with Crippen molar-refractivity contribution in [1.29, 1.82) is 0 Å². The Morgan fingerprint density at radius 3 is 2.42 bits per heavy atom. The van der Waals surface area contributed by atoms with Gasteiger partial charge in [0.25, 0.3) is 0 Å². The summed E-state index contributed by atoms with van der Waals surface area (Å²) in [5, 5.41) is 12.8. The van der Waals surface area contributed by atoms with E-state index in [0.29, 0.717) is 12.1 Å². The summed E-state index contributed by atoms with van der Waals surface area (Å²) in [4.78, 5) is 5.04. The normalized spacial score (nSPS) is 23.5. The van der Waals surface area contributed by atoms with Crippen molar-refractivity contribution in [2.45, 2.75) is 57.7 Å². The van der Waals surface area contributed by atoms with Gasteiger partial charge in [-0.05, 0) is 66.8 Å². The van der Waals surface area contributed by atoms with Gasteiger partial charge in [-0.3, -0.25) is 0 Å². The van der Waals surface area contributed by atoms with Gasteiger partial charge in [0, 0.05) is 17.6 Å². The van der Waals surface area contributed by atoms with E-state index in [-0.39, 0.29) is 12.1 Å². The Labute approximate surface area is 119 Å². The second kappa shape index (κ2) is 7.58. The van der Waals surface area contributed by atoms with Crippen molar-refractivity contribution in [2.24, 2.45) is 0 Å². The number of likely N-dealkylation sites (tertiary alicyclic amines) is 1. The maximum Gasteiger partial charge on any atom is 0.0611 e. The minimum absolute atomic E-state index is 0.169. The Hall–Kier alpha value is -0.160. The van der Waals surface area contributed by atoms with Gasteiger partial charge in [0.1, 0.15) is 0 Å². The van der Waals surface area contributed by atoms with Crippen molar-refractivity contribution in [3.63, 3.8) is 0 Å². The summed E-state index contributed by atoms with van der Waals surface area (Å²) < 4.78 is 0. The lowest BCUT2D eigenvalue weighted by Crippen LogP contribution is -2.52. The molecule has 0 radical (unpaired) electrons. The fraction of sp³-hybridized carbons (Fsp3) is 1.00. The van der Waals surface area contributed by atoms with Crippen LogP contribution in [0.25, 0.3) is 0 Å². The van der Waals surface area contributed by atoms with Crippen LogP contribution in [0.5, 0.6) is 0 Å². The van der Waals surface area contributed by atoms with Gasteiger partial charge in [0.05, 0.1) is 6.61 Å². The average Bonchev–Trinajstić information content (AvgIpc) is 2.46. The van der Waals surface area contributed by atoms with E-state index in [4.69, 9.17) is 0 Å². The maximum atomic E-state index is 9.51. The summed E-state index contributed by atoms with van der Waals surface area (Å²) in [6.07, 6.45) is 3.51. The zero-order chi connectivity index (χ0) is 14.5. The molecule has 0 aromatic heterocycles. The Kier molecular flexibility index (Phi) is 6.74. The number of aliphatic hydroxyl groups excluding tert-OH is 1. The molecular formula is C15H33N3O. The molecule has 1 saturated heterocycles. The molecule has 4 heteroatoms. The van der Waals surface area contributed by atoms with E-state index in [2.05, 4.69) is 42.9 Å². The van der Waals surface area contributed by atoms with Crippen molar-refractivity contribution in [3.8, 4) is 0 Å². The smallest absolute Gasteiger partial charge is 0.0611 e. The predicted octanol–water partition coefficient (Wildman–Crippen LogP) is 1.15. The summed E-state index contributed by atoms with van der Waals surface area (Å²) in [7, 11) is 4.17. The zero-order valence-electron chi connectivity index (χ0n) is 13.4. The van der Waals surface area contributed by atoms with Crippen molar-refractivity contribution in [3.05, 3.63) is 0 Å². The molecule has 2 atom stereocenters. The molecular weight excluding hydrogens is 238 g/mol. The maximum absolute atomic E-state index is 9.51. The highest BCUT2D eigenvalue weighted by atomic mass is 16.3. The number of hydrogen-bond acceptors (Lipinski definition) is 4. The van der Waals surface area contributed by atoms with E-state index in [9.17, 15) is 5.11 Å². The van der Waals surface area contributed by atoms with Gasteiger partial charge < -0.3 is 20.2 Å². The Morgan fingerprint density at radius 1 is 1.42 bits per heavy atom. The van der Waals surface area contributed by atoms with Gasteiger partial charge in [0.2, 0.25) is 0 Å². The number of piperidine rings is 1. The molecule has 1 aliphatic heterocycles. The molecule has 2 unspecified atom stereocenters. The molecule has 0 aromatic carbocycles. The van der Waals surface area contributed by atoms with Crippen LogP contribution in [0.3, 0.4) is 0 Å². The quantitative estimate of drug-likeness (QED) is 0.729. The second-order valence-electron chi connectivity index (χ2n) is 6.35. The van der Waals surface area contributed by atoms with Gasteiger partial charge in [0.15, 0.2) is 0 Å². The number of nitrogens with zero attached hydrogens (tertiary/aromatic N) is 2. The average molecular weight is 271 g/mol. The van der Waals surface area contributed by atoms with E-state index in [1.54, 1.807) is 0 Å². The van der Waals surface area contributed by atoms with Crippen LogP contribution in [0.1, 0.15) is 40.0 Å². The van der Waals surface area contributed by atoms with Crippen molar-refractivity contribution < 1.29 is 5.11 Å². The predicted molar refractivity (Wildman–Crippen MR) is 81.5 cm³/mol. The Bertz CT molecular complexity index is 248. The molecule has 4 nitrogen and oxygen atoms in total. The molecule has 1 heterocycles. The lowest BCUT2D eigenvalue weighted by molar-refractivity contribution is 0.0762. The SMILES string of the molecule is CCN1CCC(N(C)C(C)CC(C)(CO)NC)CC1. The first kappa shape index (κ1) is 16.9. The van der Waals surface area contributed by atoms with Crippen molar-refractivity contribution in [2.75, 3.05) is 40.3 Å². The third kappa shape index (κ3) is 4.71. The third-order valence-corrected chi connectivity index (χ3v) is 4.97. The summed E-state index contributed by atoms with van der Waals surface area (Å²) in [6.45, 7) is 10.4. The fourth-order valence-electron chi connectivity index (χ4n) is 3.04. The molecule has 0 amide bonds. The first-order valence-electron chi connectivity index (χ1n) is 7.69. The molecule has 0 aromatic rings. The first-order chi connectivity index (χ1) is 8.95. The van der Waals surface area contributed by atoms with Gasteiger partial charge in [-0.1, -0.05) is 6.92 Å². The standard InChI is InChI=1S/C15H33N3O/c1-6-18-9-7-14(8-10-18)17(5)13(2)11-15(3,12-19)16-4/h13-14,16,19H,6-12H2,1-5H3. The number of hydrogen-bond donors (Lipinski definition) is 2. The lowest BCUT2D eigenvalue weighted by atomic mass is 9.92. The molecule has 1 rings (SSSR count). The molecule has 0 bridgehead atoms. The molecule has 1 fully saturated rings. The highest BCUT2D eigenvalue weighted by Gasteiger charge is 2.29. The van der Waals surface area contributed by atoms with E-state index in [0.717, 1.165) is 6.42 Å². The molecule has 0 saturated carbocycles. The minimum Gasteiger partial charge on any atom is -0.394 e. The van der Waals surface area contributed by atoms with Gasteiger partial charge in [-0.2, -0.15) is 0 Å². The zero-order valence-corrected chi connectivity index (χ0v) is 13.4. The third-order valence-electron chi connectivity index (χ3n) is 4.97. The minimum atomic E-state index is -0.169. The van der Waals surface area contributed by atoms with Crippen LogP contribution in [-0.2, 0) is 0 Å². The van der Waals surface area contributed by atoms with Crippen molar-refractivity contribution >= 4 is 0 Å². The van der Waals surface area contributed by atoms with Gasteiger partial charge >= 0.3 is 0 Å². The monoisotopic (exact) mass is 271 g/mol. The van der Waals surface area contributed by atoms with E-state index in [1.165, 1.54) is 32.5 Å². The molecule has 1 aliphatic rings. The topological polar surface area (TPSA) is 38.7 Å². The van der Waals surface area contributed by atoms with Crippen LogP contribution in [0.2, 0.25) is 0 Å². The molecule has 2 N–H and O–H groups in total. The van der Waals surface area contributed by atoms with Crippen molar-refractivity contribution in [1.82, 2.24) is 15.1 Å². The summed E-state index contributed by atoms with van der Waals surface area (Å²) in [5.74, 6) is 0. The fourth-order valence-corrected chi connectivity index (χ4v) is 3.04. The largest absolute Gasteiger partial charge is 0.394 e. The van der Waals surface area contributed by atoms with Gasteiger partial charge in [-0.15, -0.1) is 0 Å². The van der Waals surface area contributed by atoms with E-state index >= 15 is 0 Å². The summed E-state index contributed by atoms with van der Waals surface area (Å²) in [6, 6.07) is 1.18. The van der Waals surface area contributed by atoms with Crippen LogP contribution in [0.15, 0.2) is 0 Å². The summed E-state index contributed by atoms with van der Waals surface area (Å²) in [5.41, 5.74) is -0.169.